The summed E-state index contributed by atoms with van der Waals surface area (Å²) >= 11 is 0. The first-order chi connectivity index (χ1) is 6.77. The van der Waals surface area contributed by atoms with Crippen LogP contribution in [0.2, 0.25) is 0 Å². The number of nitrogens with zero attached hydrogens (tertiary/aromatic N) is 1. The molecule has 2 heteroatoms. The van der Waals surface area contributed by atoms with E-state index in [-0.39, 0.29) is 0 Å². The molecule has 0 amide bonds. The van der Waals surface area contributed by atoms with Crippen LogP contribution in [0.15, 0.2) is 0 Å². The van der Waals surface area contributed by atoms with Crippen molar-refractivity contribution in [2.75, 3.05) is 19.6 Å². The predicted molar refractivity (Wildman–Crippen MR) is 61.2 cm³/mol. The number of piperidine rings is 1. The van der Waals surface area contributed by atoms with Gasteiger partial charge in [0.25, 0.3) is 0 Å². The van der Waals surface area contributed by atoms with Crippen LogP contribution < -0.4 is 5.32 Å². The van der Waals surface area contributed by atoms with Crippen LogP contribution in [0.1, 0.15) is 33.6 Å². The van der Waals surface area contributed by atoms with Gasteiger partial charge in [-0.15, -0.1) is 5.92 Å². The van der Waals surface area contributed by atoms with Crippen LogP contribution >= 0.6 is 0 Å². The van der Waals surface area contributed by atoms with Gasteiger partial charge in [-0.05, 0) is 39.8 Å². The summed E-state index contributed by atoms with van der Waals surface area (Å²) < 4.78 is 0. The minimum absolute atomic E-state index is 0.675. The molecule has 0 spiro atoms. The van der Waals surface area contributed by atoms with Crippen LogP contribution in [-0.4, -0.2) is 36.6 Å². The van der Waals surface area contributed by atoms with Gasteiger partial charge < -0.3 is 10.2 Å². The van der Waals surface area contributed by atoms with Gasteiger partial charge in [0.2, 0.25) is 0 Å². The average Bonchev–Trinajstić information content (AvgIpc) is 2.18. The highest BCUT2D eigenvalue weighted by atomic mass is 15.2. The maximum absolute atomic E-state index is 3.50. The number of rotatable bonds is 3. The van der Waals surface area contributed by atoms with Gasteiger partial charge in [0, 0.05) is 12.1 Å². The van der Waals surface area contributed by atoms with Gasteiger partial charge in [0.1, 0.15) is 0 Å². The van der Waals surface area contributed by atoms with Gasteiger partial charge in [-0.2, -0.15) is 0 Å². The maximum Gasteiger partial charge on any atom is 0.0578 e. The van der Waals surface area contributed by atoms with Gasteiger partial charge in [-0.1, -0.05) is 12.8 Å². The lowest BCUT2D eigenvalue weighted by Gasteiger charge is -2.37. The summed E-state index contributed by atoms with van der Waals surface area (Å²) in [7, 11) is 0. The third kappa shape index (κ3) is 3.32. The standard InChI is InChI=1S/C12H22N2/c1-4-6-8-13-12-7-9-14(5-2)11(3)10-12/h11-13H,5,7-10H2,1-3H3. The number of hydrogen-bond acceptors (Lipinski definition) is 2. The van der Waals surface area contributed by atoms with Crippen LogP contribution in [0.5, 0.6) is 0 Å². The van der Waals surface area contributed by atoms with Crippen molar-refractivity contribution in [3.63, 3.8) is 0 Å². The summed E-state index contributed by atoms with van der Waals surface area (Å²) in [6.07, 6.45) is 2.53. The second-order valence-electron chi connectivity index (χ2n) is 4.01. The second-order valence-corrected chi connectivity index (χ2v) is 4.01. The fourth-order valence-corrected chi connectivity index (χ4v) is 2.16. The molecule has 0 bridgehead atoms. The molecule has 14 heavy (non-hydrogen) atoms. The fourth-order valence-electron chi connectivity index (χ4n) is 2.16. The van der Waals surface area contributed by atoms with E-state index in [0.29, 0.717) is 6.04 Å². The van der Waals surface area contributed by atoms with Crippen molar-refractivity contribution in [2.24, 2.45) is 0 Å². The Bertz CT molecular complexity index is 214. The van der Waals surface area contributed by atoms with E-state index in [1.165, 1.54) is 25.9 Å². The minimum Gasteiger partial charge on any atom is -0.303 e. The molecule has 0 aliphatic carbocycles. The minimum atomic E-state index is 0.675. The van der Waals surface area contributed by atoms with E-state index in [0.717, 1.165) is 12.6 Å². The highest BCUT2D eigenvalue weighted by Gasteiger charge is 2.23. The van der Waals surface area contributed by atoms with E-state index in [1.54, 1.807) is 0 Å². The first-order valence-electron chi connectivity index (χ1n) is 5.65. The van der Waals surface area contributed by atoms with E-state index in [4.69, 9.17) is 0 Å². The lowest BCUT2D eigenvalue weighted by molar-refractivity contribution is 0.145. The van der Waals surface area contributed by atoms with E-state index < -0.39 is 0 Å². The molecule has 1 saturated heterocycles. The Morgan fingerprint density at radius 3 is 2.86 bits per heavy atom. The molecule has 2 atom stereocenters. The van der Waals surface area contributed by atoms with Gasteiger partial charge in [0.05, 0.1) is 6.54 Å². The summed E-state index contributed by atoms with van der Waals surface area (Å²) in [5.41, 5.74) is 0. The molecule has 2 unspecified atom stereocenters. The first kappa shape index (κ1) is 11.6. The molecule has 0 radical (unpaired) electrons. The van der Waals surface area contributed by atoms with Gasteiger partial charge in [0.15, 0.2) is 0 Å². The lowest BCUT2D eigenvalue weighted by atomic mass is 9.98. The van der Waals surface area contributed by atoms with Crippen molar-refractivity contribution >= 4 is 0 Å². The number of likely N-dealkylation sites (tertiary alicyclic amines) is 1. The Hall–Kier alpha value is -0.520. The maximum atomic E-state index is 3.50. The third-order valence-electron chi connectivity index (χ3n) is 3.08. The Morgan fingerprint density at radius 1 is 1.50 bits per heavy atom. The average molecular weight is 194 g/mol. The Balaban J connectivity index is 2.26. The lowest BCUT2D eigenvalue weighted by Crippen LogP contribution is -2.47. The first-order valence-corrected chi connectivity index (χ1v) is 5.65. The molecule has 1 heterocycles. The Kier molecular flexibility index (Phi) is 5.00. The highest BCUT2D eigenvalue weighted by Crippen LogP contribution is 2.16. The Morgan fingerprint density at radius 2 is 2.29 bits per heavy atom. The normalized spacial score (nSPS) is 28.2. The summed E-state index contributed by atoms with van der Waals surface area (Å²) in [5, 5.41) is 3.50. The van der Waals surface area contributed by atoms with Gasteiger partial charge in [-0.3, -0.25) is 0 Å². The molecule has 1 fully saturated rings. The predicted octanol–water partition coefficient (Wildman–Crippen LogP) is 1.47. The molecular formula is C12H22N2. The van der Waals surface area contributed by atoms with E-state index >= 15 is 0 Å². The molecule has 0 aromatic carbocycles. The highest BCUT2D eigenvalue weighted by molar-refractivity contribution is 4.98. The summed E-state index contributed by atoms with van der Waals surface area (Å²) in [5.74, 6) is 5.98. The molecule has 1 N–H and O–H groups in total. The second kappa shape index (κ2) is 6.06. The quantitative estimate of drug-likeness (QED) is 0.685. The zero-order chi connectivity index (χ0) is 10.4. The SMILES string of the molecule is CC#CCNC1CCN(CC)C(C)C1. The van der Waals surface area contributed by atoms with Crippen molar-refractivity contribution in [1.82, 2.24) is 10.2 Å². The largest absolute Gasteiger partial charge is 0.303 e. The van der Waals surface area contributed by atoms with E-state index in [2.05, 4.69) is 35.9 Å². The molecule has 2 nitrogen and oxygen atoms in total. The topological polar surface area (TPSA) is 15.3 Å². The smallest absolute Gasteiger partial charge is 0.0578 e. The van der Waals surface area contributed by atoms with Crippen LogP contribution in [0, 0.1) is 11.8 Å². The monoisotopic (exact) mass is 194 g/mol. The number of hydrogen-bond donors (Lipinski definition) is 1. The van der Waals surface area contributed by atoms with Crippen molar-refractivity contribution in [1.29, 1.82) is 0 Å². The summed E-state index contributed by atoms with van der Waals surface area (Å²) in [4.78, 5) is 2.55. The zero-order valence-corrected chi connectivity index (χ0v) is 9.64. The molecule has 1 rings (SSSR count). The fraction of sp³-hybridized carbons (Fsp3) is 0.833. The van der Waals surface area contributed by atoms with Crippen molar-refractivity contribution in [3.8, 4) is 11.8 Å². The van der Waals surface area contributed by atoms with Gasteiger partial charge >= 0.3 is 0 Å². The molecular weight excluding hydrogens is 172 g/mol. The Labute approximate surface area is 88.1 Å². The van der Waals surface area contributed by atoms with Crippen LogP contribution in [0.25, 0.3) is 0 Å². The van der Waals surface area contributed by atoms with Crippen molar-refractivity contribution in [3.05, 3.63) is 0 Å². The third-order valence-corrected chi connectivity index (χ3v) is 3.08. The van der Waals surface area contributed by atoms with Crippen LogP contribution in [0.3, 0.4) is 0 Å². The van der Waals surface area contributed by atoms with Crippen molar-refractivity contribution in [2.45, 2.75) is 45.7 Å². The van der Waals surface area contributed by atoms with Gasteiger partial charge in [-0.25, -0.2) is 0 Å². The zero-order valence-electron chi connectivity index (χ0n) is 9.64. The summed E-state index contributed by atoms with van der Waals surface area (Å²) in [6.45, 7) is 9.72. The molecule has 1 aliphatic rings. The van der Waals surface area contributed by atoms with E-state index in [9.17, 15) is 0 Å². The summed E-state index contributed by atoms with van der Waals surface area (Å²) in [6, 6.07) is 1.40. The molecule has 0 saturated carbocycles. The van der Waals surface area contributed by atoms with Crippen LogP contribution in [0.4, 0.5) is 0 Å². The molecule has 0 aromatic heterocycles. The molecule has 80 valence electrons. The molecule has 1 aliphatic heterocycles. The van der Waals surface area contributed by atoms with E-state index in [1.807, 2.05) is 6.92 Å². The van der Waals surface area contributed by atoms with Crippen molar-refractivity contribution < 1.29 is 0 Å². The van der Waals surface area contributed by atoms with Crippen LogP contribution in [-0.2, 0) is 0 Å². The molecule has 0 aromatic rings. The number of nitrogens with one attached hydrogen (secondary N) is 1.